The summed E-state index contributed by atoms with van der Waals surface area (Å²) in [4.78, 5) is 43.1. The van der Waals surface area contributed by atoms with Gasteiger partial charge in [0.05, 0.1) is 29.7 Å². The van der Waals surface area contributed by atoms with E-state index in [9.17, 15) is 18.8 Å². The maximum Gasteiger partial charge on any atom is 0.325 e. The number of nitrogens with zero attached hydrogens (tertiary/aromatic N) is 3. The summed E-state index contributed by atoms with van der Waals surface area (Å²) < 4.78 is 26.9. The highest BCUT2D eigenvalue weighted by molar-refractivity contribution is 8.32. The Morgan fingerprint density at radius 1 is 1.17 bits per heavy atom. The van der Waals surface area contributed by atoms with Gasteiger partial charge in [-0.15, -0.1) is 0 Å². The van der Waals surface area contributed by atoms with Gasteiger partial charge in [0.2, 0.25) is 5.95 Å². The molecule has 42 heavy (non-hydrogen) atoms. The molecular weight excluding hydrogens is 585 g/mol. The van der Waals surface area contributed by atoms with Gasteiger partial charge in [0.15, 0.2) is 11.4 Å². The van der Waals surface area contributed by atoms with E-state index in [0.717, 1.165) is 11.3 Å². The van der Waals surface area contributed by atoms with Gasteiger partial charge < -0.3 is 25.1 Å². The Labute approximate surface area is 248 Å². The average molecular weight is 618 g/mol. The third-order valence-corrected chi connectivity index (χ3v) is 8.22. The Bertz CT molecular complexity index is 1710. The van der Waals surface area contributed by atoms with Gasteiger partial charge in [-0.1, -0.05) is 23.7 Å². The number of esters is 1. The number of aromatic nitrogens is 3. The summed E-state index contributed by atoms with van der Waals surface area (Å²) in [5.41, 5.74) is 7.16. The molecule has 0 fully saturated rings. The fourth-order valence-electron chi connectivity index (χ4n) is 4.27. The Morgan fingerprint density at radius 2 is 1.86 bits per heavy atom. The molecule has 0 bridgehead atoms. The molecule has 0 saturated heterocycles. The monoisotopic (exact) mass is 617 g/mol. The van der Waals surface area contributed by atoms with Gasteiger partial charge in [0.25, 0.3) is 11.5 Å². The van der Waals surface area contributed by atoms with Crippen molar-refractivity contribution in [1.29, 1.82) is 0 Å². The molecule has 0 atom stereocenters. The quantitative estimate of drug-likeness (QED) is 0.242. The number of hydrogen-bond acceptors (Lipinski definition) is 7. The topological polar surface area (TPSA) is 130 Å². The summed E-state index contributed by atoms with van der Waals surface area (Å²) in [6.45, 7) is 0.401. The molecule has 2 aromatic heterocycles. The van der Waals surface area contributed by atoms with E-state index in [1.54, 1.807) is 31.4 Å². The number of ether oxygens (including phenoxy) is 2. The van der Waals surface area contributed by atoms with E-state index >= 15 is 0 Å². The number of amides is 1. The molecule has 2 heterocycles. The lowest BCUT2D eigenvalue weighted by atomic mass is 10.0. The van der Waals surface area contributed by atoms with E-state index < -0.39 is 27.5 Å². The summed E-state index contributed by atoms with van der Waals surface area (Å²) >= 11 is 6.61. The second kappa shape index (κ2) is 12.5. The van der Waals surface area contributed by atoms with Gasteiger partial charge >= 0.3 is 5.97 Å². The van der Waals surface area contributed by atoms with Crippen LogP contribution >= 0.6 is 21.6 Å². The van der Waals surface area contributed by atoms with Gasteiger partial charge in [0, 0.05) is 31.1 Å². The molecule has 4 aromatic rings. The molecule has 0 unspecified atom stereocenters. The summed E-state index contributed by atoms with van der Waals surface area (Å²) in [7, 11) is 1.97. The summed E-state index contributed by atoms with van der Waals surface area (Å²) in [5.74, 6) is -0.454. The Hall–Kier alpha value is -4.03. The number of carbonyl (C=O) groups is 2. The normalized spacial score (nSPS) is 11.9. The third kappa shape index (κ3) is 6.88. The van der Waals surface area contributed by atoms with Gasteiger partial charge in [-0.25, -0.2) is 14.4 Å². The lowest BCUT2D eigenvalue weighted by Crippen LogP contribution is -2.23. The minimum absolute atomic E-state index is 0.0673. The predicted octanol–water partition coefficient (Wildman–Crippen LogP) is 4.15. The molecule has 0 saturated carbocycles. The molecule has 1 amide bonds. The van der Waals surface area contributed by atoms with Crippen LogP contribution in [0.3, 0.4) is 0 Å². The number of rotatable bonds is 11. The van der Waals surface area contributed by atoms with Crippen molar-refractivity contribution in [2.24, 2.45) is 12.8 Å². The first kappa shape index (κ1) is 30.9. The van der Waals surface area contributed by atoms with E-state index in [-0.39, 0.29) is 52.2 Å². The van der Waals surface area contributed by atoms with Crippen molar-refractivity contribution in [1.82, 2.24) is 14.1 Å². The first-order valence-electron chi connectivity index (χ1n) is 12.9. The SMILES string of the molecule is COC(=O)Cn1cc(-c2cc(Cl)c(OCCS(C)(C)C)c(C(N)=O)c2)c2c(=O)n(C)c(NCc3ccc(F)cc3)nc21. The number of primary amides is 1. The van der Waals surface area contributed by atoms with Crippen molar-refractivity contribution in [2.45, 2.75) is 13.1 Å². The highest BCUT2D eigenvalue weighted by atomic mass is 35.5. The van der Waals surface area contributed by atoms with Crippen molar-refractivity contribution < 1.29 is 23.5 Å². The van der Waals surface area contributed by atoms with Crippen LogP contribution < -0.4 is 21.3 Å². The zero-order chi connectivity index (χ0) is 30.8. The molecule has 0 spiro atoms. The fraction of sp³-hybridized carbons (Fsp3) is 0.310. The zero-order valence-electron chi connectivity index (χ0n) is 24.0. The maximum atomic E-state index is 13.7. The summed E-state index contributed by atoms with van der Waals surface area (Å²) in [6, 6.07) is 9.03. The molecule has 13 heteroatoms. The van der Waals surface area contributed by atoms with Gasteiger partial charge in [0.1, 0.15) is 12.4 Å². The van der Waals surface area contributed by atoms with Crippen LogP contribution in [0.15, 0.2) is 47.4 Å². The van der Waals surface area contributed by atoms with Crippen molar-refractivity contribution in [2.75, 3.05) is 43.6 Å². The second-order valence-corrected chi connectivity index (χ2v) is 15.6. The van der Waals surface area contributed by atoms with Gasteiger partial charge in [-0.05, 0) is 54.2 Å². The number of anilines is 1. The van der Waals surface area contributed by atoms with Crippen LogP contribution in [0, 0.1) is 5.82 Å². The first-order valence-corrected chi connectivity index (χ1v) is 16.3. The predicted molar refractivity (Wildman–Crippen MR) is 165 cm³/mol. The van der Waals surface area contributed by atoms with Crippen molar-refractivity contribution in [3.05, 3.63) is 74.9 Å². The van der Waals surface area contributed by atoms with Crippen molar-refractivity contribution >= 4 is 50.5 Å². The molecule has 2 aromatic carbocycles. The Balaban J connectivity index is 1.82. The van der Waals surface area contributed by atoms with E-state index in [1.165, 1.54) is 34.4 Å². The van der Waals surface area contributed by atoms with Crippen LogP contribution in [0.25, 0.3) is 22.2 Å². The lowest BCUT2D eigenvalue weighted by Gasteiger charge is -2.25. The molecule has 4 rings (SSSR count). The molecule has 0 aliphatic carbocycles. The first-order chi connectivity index (χ1) is 19.8. The number of nitrogens with one attached hydrogen (secondary N) is 1. The molecule has 10 nitrogen and oxygen atoms in total. The van der Waals surface area contributed by atoms with Crippen molar-refractivity contribution in [3.63, 3.8) is 0 Å². The van der Waals surface area contributed by atoms with E-state index in [4.69, 9.17) is 26.8 Å². The number of methoxy groups -OCH3 is 1. The van der Waals surface area contributed by atoms with Crippen LogP contribution in [0.5, 0.6) is 5.75 Å². The zero-order valence-corrected chi connectivity index (χ0v) is 25.6. The Kier molecular flexibility index (Phi) is 9.17. The van der Waals surface area contributed by atoms with Crippen molar-refractivity contribution in [3.8, 4) is 16.9 Å². The van der Waals surface area contributed by atoms with Crippen LogP contribution in [0.4, 0.5) is 10.3 Å². The number of nitrogens with two attached hydrogens (primary N) is 1. The smallest absolute Gasteiger partial charge is 0.325 e. The molecule has 224 valence electrons. The van der Waals surface area contributed by atoms with Crippen LogP contribution in [-0.2, 0) is 29.7 Å². The molecule has 0 radical (unpaired) electrons. The summed E-state index contributed by atoms with van der Waals surface area (Å²) in [5, 5.41) is 3.45. The van der Waals surface area contributed by atoms with E-state index in [1.807, 2.05) is 0 Å². The highest BCUT2D eigenvalue weighted by Crippen LogP contribution is 2.38. The third-order valence-electron chi connectivity index (χ3n) is 6.55. The van der Waals surface area contributed by atoms with E-state index in [0.29, 0.717) is 17.7 Å². The molecule has 3 N–H and O–H groups in total. The van der Waals surface area contributed by atoms with E-state index in [2.05, 4.69) is 29.1 Å². The largest absolute Gasteiger partial charge is 0.490 e. The Morgan fingerprint density at radius 3 is 2.48 bits per heavy atom. The highest BCUT2D eigenvalue weighted by Gasteiger charge is 2.23. The minimum Gasteiger partial charge on any atom is -0.490 e. The molecule has 0 aliphatic rings. The molecule has 0 aliphatic heterocycles. The number of fused-ring (bicyclic) bond motifs is 1. The van der Waals surface area contributed by atoms with Gasteiger partial charge in [-0.2, -0.15) is 4.98 Å². The standard InChI is InChI=1S/C29H33ClFN5O5S/c1-35-28(39)24-21(18-12-20(26(32)38)25(22(30)13-18)41-10-11-42(3,4)5)15-36(16-23(37)40-2)27(24)34-29(35)33-14-17-6-8-19(31)9-7-17/h6-9,12-13,15H,10-11,14,16H2,1-5H3,(H2,32,38)(H,33,34). The summed E-state index contributed by atoms with van der Waals surface area (Å²) in [6.07, 6.45) is 8.04. The number of carbonyl (C=O) groups excluding carboxylic acids is 2. The van der Waals surface area contributed by atoms with Crippen LogP contribution in [-0.4, -0.2) is 64.2 Å². The van der Waals surface area contributed by atoms with Crippen LogP contribution in [0.2, 0.25) is 5.02 Å². The second-order valence-electron chi connectivity index (χ2n) is 10.6. The van der Waals surface area contributed by atoms with Gasteiger partial charge in [-0.3, -0.25) is 19.0 Å². The fourth-order valence-corrected chi connectivity index (χ4v) is 5.13. The van der Waals surface area contributed by atoms with Crippen LogP contribution in [0.1, 0.15) is 15.9 Å². The lowest BCUT2D eigenvalue weighted by molar-refractivity contribution is -0.141. The number of halogens is 2. The average Bonchev–Trinajstić information content (AvgIpc) is 3.28. The minimum atomic E-state index is -0.848. The maximum absolute atomic E-state index is 13.7. The molecular formula is C29H33ClFN5O5S. The number of benzene rings is 2. The number of hydrogen-bond donors (Lipinski definition) is 2.